The molecule has 2 aromatic rings. The zero-order chi connectivity index (χ0) is 22.8. The van der Waals surface area contributed by atoms with Crippen LogP contribution >= 0.6 is 0 Å². The number of nitrogens with zero attached hydrogens (tertiary/aromatic N) is 4. The molecule has 3 heterocycles. The maximum absolute atomic E-state index is 12.9. The lowest BCUT2D eigenvalue weighted by Crippen LogP contribution is -2.40. The molecule has 3 atom stereocenters. The van der Waals surface area contributed by atoms with E-state index in [2.05, 4.69) is 29.2 Å². The van der Waals surface area contributed by atoms with Gasteiger partial charge in [0.1, 0.15) is 11.9 Å². The first-order valence-electron chi connectivity index (χ1n) is 11.3. The molecule has 0 aromatic carbocycles. The quantitative estimate of drug-likeness (QED) is 0.755. The summed E-state index contributed by atoms with van der Waals surface area (Å²) in [5.41, 5.74) is 7.91. The predicted octanol–water partition coefficient (Wildman–Crippen LogP) is 2.83. The first-order chi connectivity index (χ1) is 15.3. The number of nitrogens with one attached hydrogen (secondary N) is 1. The van der Waals surface area contributed by atoms with Crippen molar-refractivity contribution < 1.29 is 14.3 Å². The van der Waals surface area contributed by atoms with Crippen molar-refractivity contribution in [3.05, 3.63) is 30.2 Å². The van der Waals surface area contributed by atoms with Crippen molar-refractivity contribution in [1.82, 2.24) is 25.0 Å². The minimum Gasteiger partial charge on any atom is -0.446 e. The van der Waals surface area contributed by atoms with Gasteiger partial charge in [-0.2, -0.15) is 5.10 Å². The van der Waals surface area contributed by atoms with Gasteiger partial charge in [-0.15, -0.1) is 0 Å². The predicted molar refractivity (Wildman–Crippen MR) is 121 cm³/mol. The first-order valence-corrected chi connectivity index (χ1v) is 11.3. The molecule has 0 bridgehead atoms. The van der Waals surface area contributed by atoms with Gasteiger partial charge in [-0.1, -0.05) is 13.8 Å². The summed E-state index contributed by atoms with van der Waals surface area (Å²) in [6.07, 6.45) is 8.59. The van der Waals surface area contributed by atoms with Gasteiger partial charge in [0.25, 0.3) is 5.91 Å². The molecule has 2 aromatic heterocycles. The number of anilines is 1. The third kappa shape index (κ3) is 5.03. The Morgan fingerprint density at radius 3 is 2.59 bits per heavy atom. The van der Waals surface area contributed by atoms with Crippen LogP contribution in [0.4, 0.5) is 10.6 Å². The monoisotopic (exact) mass is 440 g/mol. The Balaban J connectivity index is 1.34. The number of nitrogen functional groups attached to an aromatic ring is 1. The number of hydrogen-bond acceptors (Lipinski definition) is 6. The van der Waals surface area contributed by atoms with Gasteiger partial charge in [-0.05, 0) is 43.6 Å². The number of amides is 2. The molecule has 3 N–H and O–H groups in total. The lowest BCUT2D eigenvalue weighted by Gasteiger charge is -2.32. The Morgan fingerprint density at radius 1 is 1.16 bits per heavy atom. The van der Waals surface area contributed by atoms with E-state index in [0.29, 0.717) is 36.9 Å². The number of carbonyl (C=O) groups excluding carboxylic acids is 2. The number of pyridine rings is 1. The zero-order valence-corrected chi connectivity index (χ0v) is 19.0. The van der Waals surface area contributed by atoms with Gasteiger partial charge in [-0.3, -0.25) is 9.48 Å². The highest BCUT2D eigenvalue weighted by molar-refractivity contribution is 5.99. The van der Waals surface area contributed by atoms with Crippen LogP contribution < -0.4 is 11.1 Å². The molecule has 1 aliphatic heterocycles. The van der Waals surface area contributed by atoms with Gasteiger partial charge >= 0.3 is 6.09 Å². The minimum absolute atomic E-state index is 0.0176. The molecule has 0 spiro atoms. The molecule has 1 saturated heterocycles. The van der Waals surface area contributed by atoms with E-state index in [-0.39, 0.29) is 30.0 Å². The number of aromatic nitrogens is 3. The maximum Gasteiger partial charge on any atom is 0.410 e. The summed E-state index contributed by atoms with van der Waals surface area (Å²) in [4.78, 5) is 31.4. The molecule has 0 radical (unpaired) electrons. The van der Waals surface area contributed by atoms with Crippen molar-refractivity contribution in [3.8, 4) is 11.1 Å². The number of aryl methyl sites for hydroxylation is 1. The first kappa shape index (κ1) is 22.1. The van der Waals surface area contributed by atoms with Crippen LogP contribution in [0.3, 0.4) is 0 Å². The lowest BCUT2D eigenvalue weighted by molar-refractivity contribution is 0.0275. The lowest BCUT2D eigenvalue weighted by atomic mass is 9.82. The van der Waals surface area contributed by atoms with E-state index in [1.807, 2.05) is 13.2 Å². The third-order valence-corrected chi connectivity index (χ3v) is 6.39. The molecule has 9 heteroatoms. The van der Waals surface area contributed by atoms with Crippen molar-refractivity contribution >= 4 is 17.8 Å². The number of likely N-dealkylation sites (tertiary alicyclic amines) is 1. The Labute approximate surface area is 188 Å². The van der Waals surface area contributed by atoms with Crippen LogP contribution in [0.1, 0.15) is 49.9 Å². The minimum atomic E-state index is -0.295. The molecule has 9 nitrogen and oxygen atoms in total. The summed E-state index contributed by atoms with van der Waals surface area (Å²) in [6.45, 7) is 5.41. The average Bonchev–Trinajstić information content (AvgIpc) is 3.36. The van der Waals surface area contributed by atoms with Gasteiger partial charge in [0.2, 0.25) is 0 Å². The summed E-state index contributed by atoms with van der Waals surface area (Å²) in [6, 6.07) is 1.57. The van der Waals surface area contributed by atoms with E-state index in [9.17, 15) is 9.59 Å². The van der Waals surface area contributed by atoms with Crippen molar-refractivity contribution in [2.45, 2.75) is 51.7 Å². The number of rotatable bonds is 4. The highest BCUT2D eigenvalue weighted by atomic mass is 16.6. The summed E-state index contributed by atoms with van der Waals surface area (Å²) in [5.74, 6) is 1.02. The fraction of sp³-hybridized carbons (Fsp3) is 0.565. The van der Waals surface area contributed by atoms with Gasteiger partial charge in [0, 0.05) is 49.7 Å². The number of ether oxygens (including phenoxy) is 1. The third-order valence-electron chi connectivity index (χ3n) is 6.39. The van der Waals surface area contributed by atoms with Crippen molar-refractivity contribution in [2.24, 2.45) is 18.9 Å². The number of carbonyl (C=O) groups is 2. The second-order valence-electron chi connectivity index (χ2n) is 9.39. The van der Waals surface area contributed by atoms with Gasteiger partial charge in [0.15, 0.2) is 0 Å². The van der Waals surface area contributed by atoms with Crippen LogP contribution in [0.15, 0.2) is 24.7 Å². The SMILES string of the molecule is CC1CC(C)CC(OC(=O)N2CC[C@@H](NC(=O)c3cc(-c4cnn(C)c4)cnc3N)C2)C1. The van der Waals surface area contributed by atoms with Crippen molar-refractivity contribution in [1.29, 1.82) is 0 Å². The summed E-state index contributed by atoms with van der Waals surface area (Å²) in [7, 11) is 1.83. The van der Waals surface area contributed by atoms with Crippen LogP contribution in [0.25, 0.3) is 11.1 Å². The molecule has 1 saturated carbocycles. The van der Waals surface area contributed by atoms with E-state index in [1.54, 1.807) is 28.0 Å². The largest absolute Gasteiger partial charge is 0.446 e. The summed E-state index contributed by atoms with van der Waals surface area (Å²) in [5, 5.41) is 7.15. The second-order valence-corrected chi connectivity index (χ2v) is 9.39. The molecule has 2 amide bonds. The second kappa shape index (κ2) is 9.18. The van der Waals surface area contributed by atoms with Gasteiger partial charge in [0.05, 0.1) is 11.8 Å². The van der Waals surface area contributed by atoms with Crippen LogP contribution in [-0.2, 0) is 11.8 Å². The maximum atomic E-state index is 12.9. The van der Waals surface area contributed by atoms with Crippen LogP contribution in [0.2, 0.25) is 0 Å². The smallest absolute Gasteiger partial charge is 0.410 e. The Hall–Kier alpha value is -3.10. The Bertz CT molecular complexity index is 980. The standard InChI is InChI=1S/C23H32N6O3/c1-14-6-15(2)8-19(7-14)32-23(31)29-5-4-18(13-29)27-22(30)20-9-16(10-25-21(20)24)17-11-26-28(3)12-17/h9-12,14-15,18-19H,4-8,13H2,1-3H3,(H2,24,25)(H,27,30)/t14?,15?,18-,19?/m1/s1. The highest BCUT2D eigenvalue weighted by Gasteiger charge is 2.32. The highest BCUT2D eigenvalue weighted by Crippen LogP contribution is 2.31. The van der Waals surface area contributed by atoms with Gasteiger partial charge < -0.3 is 20.7 Å². The number of nitrogens with two attached hydrogens (primary N) is 1. The molecule has 32 heavy (non-hydrogen) atoms. The molecule has 2 aliphatic rings. The fourth-order valence-electron chi connectivity index (χ4n) is 4.88. The molecular formula is C23H32N6O3. The van der Waals surface area contributed by atoms with E-state index in [1.165, 1.54) is 6.42 Å². The number of hydrogen-bond donors (Lipinski definition) is 2. The van der Waals surface area contributed by atoms with Crippen molar-refractivity contribution in [3.63, 3.8) is 0 Å². The molecule has 4 rings (SSSR count). The average molecular weight is 441 g/mol. The molecule has 2 unspecified atom stereocenters. The Morgan fingerprint density at radius 2 is 1.91 bits per heavy atom. The van der Waals surface area contributed by atoms with Crippen LogP contribution in [0, 0.1) is 11.8 Å². The van der Waals surface area contributed by atoms with Crippen LogP contribution in [0.5, 0.6) is 0 Å². The molecule has 1 aliphatic carbocycles. The van der Waals surface area contributed by atoms with Crippen molar-refractivity contribution in [2.75, 3.05) is 18.8 Å². The summed E-state index contributed by atoms with van der Waals surface area (Å²) >= 11 is 0. The fourth-order valence-corrected chi connectivity index (χ4v) is 4.88. The topological polar surface area (TPSA) is 115 Å². The van der Waals surface area contributed by atoms with E-state index in [0.717, 1.165) is 24.0 Å². The molecule has 172 valence electrons. The van der Waals surface area contributed by atoms with E-state index < -0.39 is 0 Å². The normalized spacial score (nSPS) is 25.5. The molecule has 2 fully saturated rings. The zero-order valence-electron chi connectivity index (χ0n) is 19.0. The molecular weight excluding hydrogens is 408 g/mol. The van der Waals surface area contributed by atoms with Crippen LogP contribution in [-0.4, -0.2) is 56.9 Å². The van der Waals surface area contributed by atoms with Gasteiger partial charge in [-0.25, -0.2) is 9.78 Å². The van der Waals surface area contributed by atoms with E-state index >= 15 is 0 Å². The Kier molecular flexibility index (Phi) is 6.34. The van der Waals surface area contributed by atoms with E-state index in [4.69, 9.17) is 10.5 Å². The summed E-state index contributed by atoms with van der Waals surface area (Å²) < 4.78 is 7.46.